The van der Waals surface area contributed by atoms with Crippen molar-refractivity contribution < 1.29 is 18.0 Å². The highest BCUT2D eigenvalue weighted by atomic mass is 32.2. The van der Waals surface area contributed by atoms with Crippen molar-refractivity contribution in [1.29, 1.82) is 0 Å². The fourth-order valence-electron chi connectivity index (χ4n) is 5.24. The standard InChI is InChI=1S/C22H31N3O4S/c1-30(28,29)25-13-11-23(12-14-25)20(26)15-22(9-5-2-6-10-22)17-24-16-18-7-3-4-8-19(18)21(24)27/h3-4,7-8H,2,5-6,9-17H2,1H3. The van der Waals surface area contributed by atoms with Crippen LogP contribution in [0.1, 0.15) is 54.4 Å². The fourth-order valence-corrected chi connectivity index (χ4v) is 6.07. The van der Waals surface area contributed by atoms with Gasteiger partial charge in [-0.15, -0.1) is 0 Å². The van der Waals surface area contributed by atoms with E-state index >= 15 is 0 Å². The van der Waals surface area contributed by atoms with Gasteiger partial charge in [0.05, 0.1) is 6.26 Å². The van der Waals surface area contributed by atoms with Crippen LogP contribution in [-0.4, -0.2) is 73.3 Å². The third-order valence-corrected chi connectivity index (χ3v) is 8.23. The summed E-state index contributed by atoms with van der Waals surface area (Å²) < 4.78 is 24.9. The number of carbonyl (C=O) groups excluding carboxylic acids is 2. The van der Waals surface area contributed by atoms with Crippen molar-refractivity contribution in [3.8, 4) is 0 Å². The summed E-state index contributed by atoms with van der Waals surface area (Å²) >= 11 is 0. The molecule has 2 amide bonds. The lowest BCUT2D eigenvalue weighted by Gasteiger charge is -2.42. The number of benzene rings is 1. The maximum atomic E-state index is 13.2. The maximum absolute atomic E-state index is 13.2. The van der Waals surface area contributed by atoms with E-state index in [0.29, 0.717) is 45.7 Å². The molecule has 0 unspecified atom stereocenters. The van der Waals surface area contributed by atoms with Gasteiger partial charge in [-0.3, -0.25) is 9.59 Å². The summed E-state index contributed by atoms with van der Waals surface area (Å²) in [6.45, 7) is 2.84. The van der Waals surface area contributed by atoms with Crippen LogP contribution in [0.5, 0.6) is 0 Å². The normalized spacial score (nSPS) is 22.2. The quantitative estimate of drug-likeness (QED) is 0.712. The van der Waals surface area contributed by atoms with Crippen molar-refractivity contribution in [2.75, 3.05) is 39.0 Å². The van der Waals surface area contributed by atoms with Crippen molar-refractivity contribution >= 4 is 21.8 Å². The van der Waals surface area contributed by atoms with E-state index in [1.807, 2.05) is 29.2 Å². The molecule has 2 aliphatic heterocycles. The number of rotatable bonds is 5. The van der Waals surface area contributed by atoms with Gasteiger partial charge in [0.2, 0.25) is 15.9 Å². The van der Waals surface area contributed by atoms with Gasteiger partial charge in [-0.2, -0.15) is 4.31 Å². The topological polar surface area (TPSA) is 78.0 Å². The molecule has 1 aromatic rings. The minimum absolute atomic E-state index is 0.0739. The molecule has 7 nitrogen and oxygen atoms in total. The summed E-state index contributed by atoms with van der Waals surface area (Å²) in [4.78, 5) is 29.8. The van der Waals surface area contributed by atoms with Gasteiger partial charge in [0.25, 0.3) is 5.91 Å². The van der Waals surface area contributed by atoms with Crippen LogP contribution >= 0.6 is 0 Å². The Labute approximate surface area is 179 Å². The smallest absolute Gasteiger partial charge is 0.254 e. The molecule has 1 aromatic carbocycles. The van der Waals surface area contributed by atoms with E-state index in [2.05, 4.69) is 0 Å². The lowest BCUT2D eigenvalue weighted by molar-refractivity contribution is -0.136. The Morgan fingerprint density at radius 3 is 2.33 bits per heavy atom. The Bertz CT molecular complexity index is 916. The number of sulfonamides is 1. The zero-order valence-electron chi connectivity index (χ0n) is 17.7. The van der Waals surface area contributed by atoms with E-state index in [9.17, 15) is 18.0 Å². The van der Waals surface area contributed by atoms with Crippen molar-refractivity contribution in [2.24, 2.45) is 5.41 Å². The Hall–Kier alpha value is -1.93. The molecule has 1 aliphatic carbocycles. The molecule has 0 N–H and O–H groups in total. The zero-order valence-corrected chi connectivity index (χ0v) is 18.5. The number of fused-ring (bicyclic) bond motifs is 1. The summed E-state index contributed by atoms with van der Waals surface area (Å²) in [6.07, 6.45) is 6.92. The molecule has 0 radical (unpaired) electrons. The number of hydrogen-bond acceptors (Lipinski definition) is 4. The number of nitrogens with zero attached hydrogens (tertiary/aromatic N) is 3. The average molecular weight is 434 g/mol. The Morgan fingerprint density at radius 1 is 1.03 bits per heavy atom. The third kappa shape index (κ3) is 4.39. The molecule has 0 bridgehead atoms. The molecular formula is C22H31N3O4S. The van der Waals surface area contributed by atoms with Crippen molar-refractivity contribution in [3.63, 3.8) is 0 Å². The number of amides is 2. The SMILES string of the molecule is CS(=O)(=O)N1CCN(C(=O)CC2(CN3Cc4ccccc4C3=O)CCCCC2)CC1. The van der Waals surface area contributed by atoms with Crippen LogP contribution in [0.15, 0.2) is 24.3 Å². The third-order valence-electron chi connectivity index (χ3n) is 6.92. The summed E-state index contributed by atoms with van der Waals surface area (Å²) in [7, 11) is -3.21. The molecule has 3 aliphatic rings. The van der Waals surface area contributed by atoms with Crippen molar-refractivity contribution in [2.45, 2.75) is 45.1 Å². The predicted octanol–water partition coefficient (Wildman–Crippen LogP) is 2.09. The first-order valence-corrected chi connectivity index (χ1v) is 12.7. The Kier molecular flexibility index (Phi) is 5.90. The van der Waals surface area contributed by atoms with Gasteiger partial charge in [-0.1, -0.05) is 37.5 Å². The molecule has 1 saturated heterocycles. The first-order chi connectivity index (χ1) is 14.3. The monoisotopic (exact) mass is 433 g/mol. The van der Waals surface area contributed by atoms with Gasteiger partial charge >= 0.3 is 0 Å². The van der Waals surface area contributed by atoms with E-state index in [0.717, 1.165) is 36.8 Å². The van der Waals surface area contributed by atoms with E-state index in [-0.39, 0.29) is 17.2 Å². The summed E-state index contributed by atoms with van der Waals surface area (Å²) in [5.74, 6) is 0.166. The molecule has 1 saturated carbocycles. The minimum Gasteiger partial charge on any atom is -0.340 e. The predicted molar refractivity (Wildman–Crippen MR) is 114 cm³/mol. The Morgan fingerprint density at radius 2 is 1.70 bits per heavy atom. The molecule has 164 valence electrons. The summed E-state index contributed by atoms with van der Waals surface area (Å²) in [5, 5.41) is 0. The van der Waals surface area contributed by atoms with Gasteiger partial charge in [0.1, 0.15) is 0 Å². The van der Waals surface area contributed by atoms with E-state index in [1.54, 1.807) is 4.90 Å². The molecule has 0 atom stereocenters. The van der Waals surface area contributed by atoms with Crippen LogP contribution in [0, 0.1) is 5.41 Å². The van der Waals surface area contributed by atoms with Crippen LogP contribution in [0.3, 0.4) is 0 Å². The molecule has 2 fully saturated rings. The van der Waals surface area contributed by atoms with Crippen molar-refractivity contribution in [1.82, 2.24) is 14.1 Å². The number of hydrogen-bond donors (Lipinski definition) is 0. The Balaban J connectivity index is 1.43. The zero-order chi connectivity index (χ0) is 21.4. The van der Waals surface area contributed by atoms with Crippen LogP contribution in [0.4, 0.5) is 0 Å². The minimum atomic E-state index is -3.21. The molecule has 0 spiro atoms. The highest BCUT2D eigenvalue weighted by molar-refractivity contribution is 7.88. The number of piperazine rings is 1. The first-order valence-electron chi connectivity index (χ1n) is 10.9. The highest BCUT2D eigenvalue weighted by Gasteiger charge is 2.40. The molecular weight excluding hydrogens is 402 g/mol. The molecule has 4 rings (SSSR count). The average Bonchev–Trinajstić information content (AvgIpc) is 3.03. The second-order valence-electron chi connectivity index (χ2n) is 9.10. The summed E-state index contributed by atoms with van der Waals surface area (Å²) in [6, 6.07) is 7.76. The molecule has 2 heterocycles. The van der Waals surface area contributed by atoms with Crippen molar-refractivity contribution in [3.05, 3.63) is 35.4 Å². The maximum Gasteiger partial charge on any atom is 0.254 e. The van der Waals surface area contributed by atoms with E-state index < -0.39 is 10.0 Å². The molecule has 8 heteroatoms. The van der Waals surface area contributed by atoms with E-state index in [1.165, 1.54) is 17.0 Å². The largest absolute Gasteiger partial charge is 0.340 e. The van der Waals surface area contributed by atoms with Crippen LogP contribution in [-0.2, 0) is 21.4 Å². The van der Waals surface area contributed by atoms with Gasteiger partial charge in [0.15, 0.2) is 0 Å². The molecule has 30 heavy (non-hydrogen) atoms. The molecule has 0 aromatic heterocycles. The second-order valence-corrected chi connectivity index (χ2v) is 11.1. The second kappa shape index (κ2) is 8.30. The van der Waals surface area contributed by atoms with E-state index in [4.69, 9.17) is 0 Å². The van der Waals surface area contributed by atoms with Crippen LogP contribution in [0.2, 0.25) is 0 Å². The highest BCUT2D eigenvalue weighted by Crippen LogP contribution is 2.42. The van der Waals surface area contributed by atoms with Crippen LogP contribution in [0.25, 0.3) is 0 Å². The first kappa shape index (κ1) is 21.3. The fraction of sp³-hybridized carbons (Fsp3) is 0.636. The van der Waals surface area contributed by atoms with Gasteiger partial charge in [-0.05, 0) is 29.9 Å². The van der Waals surface area contributed by atoms with Crippen LogP contribution < -0.4 is 0 Å². The lowest BCUT2D eigenvalue weighted by Crippen LogP contribution is -2.52. The van der Waals surface area contributed by atoms with Gasteiger partial charge in [0, 0.05) is 51.3 Å². The summed E-state index contributed by atoms with van der Waals surface area (Å²) in [5.41, 5.74) is 1.67. The lowest BCUT2D eigenvalue weighted by atomic mass is 9.71. The number of carbonyl (C=O) groups is 2. The van der Waals surface area contributed by atoms with Gasteiger partial charge < -0.3 is 9.80 Å². The van der Waals surface area contributed by atoms with Gasteiger partial charge in [-0.25, -0.2) is 8.42 Å².